The number of methoxy groups -OCH3 is 1. The van der Waals surface area contributed by atoms with E-state index in [-0.39, 0.29) is 12.1 Å². The number of carbonyl (C=O) groups is 1. The highest BCUT2D eigenvalue weighted by molar-refractivity contribution is 5.91. The number of rotatable bonds is 3. The van der Waals surface area contributed by atoms with Crippen molar-refractivity contribution in [3.63, 3.8) is 0 Å². The van der Waals surface area contributed by atoms with Crippen molar-refractivity contribution in [1.82, 2.24) is 0 Å². The summed E-state index contributed by atoms with van der Waals surface area (Å²) in [6.07, 6.45) is 4.19. The standard InChI is InChI=1S/C15H21NO3/c1-10-3-5-13(6-4-10)19-15(17)11-7-12(16)9-14(8-11)18-2/h7-10,13H,3-6,16H2,1-2H3. The van der Waals surface area contributed by atoms with Crippen molar-refractivity contribution in [2.75, 3.05) is 12.8 Å². The van der Waals surface area contributed by atoms with Gasteiger partial charge in [0.2, 0.25) is 0 Å². The number of ether oxygens (including phenoxy) is 2. The third-order valence-corrected chi connectivity index (χ3v) is 3.64. The van der Waals surface area contributed by atoms with Crippen LogP contribution in [0, 0.1) is 5.92 Å². The molecule has 0 spiro atoms. The van der Waals surface area contributed by atoms with Crippen molar-refractivity contribution in [3.8, 4) is 5.75 Å². The van der Waals surface area contributed by atoms with Crippen LogP contribution in [-0.2, 0) is 4.74 Å². The van der Waals surface area contributed by atoms with E-state index in [0.717, 1.165) is 31.6 Å². The Bertz CT molecular complexity index is 451. The second kappa shape index (κ2) is 5.95. The number of nitrogens with two attached hydrogens (primary N) is 1. The van der Waals surface area contributed by atoms with Gasteiger partial charge < -0.3 is 15.2 Å². The monoisotopic (exact) mass is 263 g/mol. The zero-order chi connectivity index (χ0) is 13.8. The average Bonchev–Trinajstić information content (AvgIpc) is 2.40. The zero-order valence-electron chi connectivity index (χ0n) is 11.5. The molecule has 1 aliphatic rings. The number of carbonyl (C=O) groups excluding carboxylic acids is 1. The van der Waals surface area contributed by atoms with Crippen LogP contribution in [0.25, 0.3) is 0 Å². The summed E-state index contributed by atoms with van der Waals surface area (Å²) in [7, 11) is 1.55. The molecule has 4 nitrogen and oxygen atoms in total. The molecule has 0 saturated heterocycles. The van der Waals surface area contributed by atoms with E-state index >= 15 is 0 Å². The normalized spacial score (nSPS) is 22.8. The van der Waals surface area contributed by atoms with E-state index in [1.165, 1.54) is 0 Å². The predicted molar refractivity (Wildman–Crippen MR) is 74.2 cm³/mol. The minimum absolute atomic E-state index is 0.0381. The van der Waals surface area contributed by atoms with E-state index in [1.807, 2.05) is 0 Å². The molecule has 0 amide bonds. The lowest BCUT2D eigenvalue weighted by Crippen LogP contribution is -2.23. The van der Waals surface area contributed by atoms with Gasteiger partial charge in [-0.15, -0.1) is 0 Å². The molecule has 0 atom stereocenters. The third-order valence-electron chi connectivity index (χ3n) is 3.64. The molecule has 0 bridgehead atoms. The first-order chi connectivity index (χ1) is 9.08. The number of hydrogen-bond acceptors (Lipinski definition) is 4. The molecular weight excluding hydrogens is 242 g/mol. The number of anilines is 1. The Balaban J connectivity index is 2.01. The summed E-state index contributed by atoms with van der Waals surface area (Å²) in [6.45, 7) is 2.24. The van der Waals surface area contributed by atoms with Crippen LogP contribution in [0.4, 0.5) is 5.69 Å². The van der Waals surface area contributed by atoms with Crippen LogP contribution in [0.5, 0.6) is 5.75 Å². The van der Waals surface area contributed by atoms with Crippen molar-refractivity contribution in [1.29, 1.82) is 0 Å². The first kappa shape index (κ1) is 13.7. The number of hydrogen-bond donors (Lipinski definition) is 1. The Kier molecular flexibility index (Phi) is 4.30. The Morgan fingerprint density at radius 3 is 2.53 bits per heavy atom. The van der Waals surface area contributed by atoms with Crippen LogP contribution >= 0.6 is 0 Å². The predicted octanol–water partition coefficient (Wildman–Crippen LogP) is 3.01. The van der Waals surface area contributed by atoms with E-state index in [9.17, 15) is 4.79 Å². The van der Waals surface area contributed by atoms with Crippen molar-refractivity contribution < 1.29 is 14.3 Å². The molecule has 0 aromatic heterocycles. The SMILES string of the molecule is COc1cc(N)cc(C(=O)OC2CCC(C)CC2)c1. The first-order valence-corrected chi connectivity index (χ1v) is 6.74. The lowest BCUT2D eigenvalue weighted by Gasteiger charge is -2.26. The maximum Gasteiger partial charge on any atom is 0.338 e. The molecule has 0 heterocycles. The molecule has 2 N–H and O–H groups in total. The van der Waals surface area contributed by atoms with E-state index in [1.54, 1.807) is 25.3 Å². The Labute approximate surface area is 113 Å². The second-order valence-corrected chi connectivity index (χ2v) is 5.28. The average molecular weight is 263 g/mol. The van der Waals surface area contributed by atoms with Gasteiger partial charge in [0.05, 0.1) is 12.7 Å². The molecule has 0 aliphatic heterocycles. The smallest absolute Gasteiger partial charge is 0.338 e. The van der Waals surface area contributed by atoms with Crippen LogP contribution in [-0.4, -0.2) is 19.2 Å². The van der Waals surface area contributed by atoms with Crippen molar-refractivity contribution in [3.05, 3.63) is 23.8 Å². The van der Waals surface area contributed by atoms with Crippen LogP contribution < -0.4 is 10.5 Å². The van der Waals surface area contributed by atoms with Gasteiger partial charge in [0, 0.05) is 11.8 Å². The molecule has 19 heavy (non-hydrogen) atoms. The molecular formula is C15H21NO3. The molecule has 0 unspecified atom stereocenters. The van der Waals surface area contributed by atoms with E-state index in [2.05, 4.69) is 6.92 Å². The summed E-state index contributed by atoms with van der Waals surface area (Å²) >= 11 is 0. The number of benzene rings is 1. The van der Waals surface area contributed by atoms with E-state index < -0.39 is 0 Å². The van der Waals surface area contributed by atoms with Crippen molar-refractivity contribution in [2.24, 2.45) is 5.92 Å². The molecule has 1 aromatic carbocycles. The quantitative estimate of drug-likeness (QED) is 0.672. The van der Waals surface area contributed by atoms with Gasteiger partial charge in [0.1, 0.15) is 11.9 Å². The van der Waals surface area contributed by atoms with Gasteiger partial charge in [-0.05, 0) is 43.7 Å². The summed E-state index contributed by atoms with van der Waals surface area (Å²) in [6, 6.07) is 4.96. The minimum atomic E-state index is -0.315. The molecule has 1 aliphatic carbocycles. The second-order valence-electron chi connectivity index (χ2n) is 5.28. The highest BCUT2D eigenvalue weighted by Gasteiger charge is 2.22. The summed E-state index contributed by atoms with van der Waals surface area (Å²) in [5, 5.41) is 0. The highest BCUT2D eigenvalue weighted by atomic mass is 16.5. The number of esters is 1. The lowest BCUT2D eigenvalue weighted by molar-refractivity contribution is 0.0173. The van der Waals surface area contributed by atoms with E-state index in [0.29, 0.717) is 17.0 Å². The Hall–Kier alpha value is -1.71. The lowest BCUT2D eigenvalue weighted by atomic mass is 9.89. The largest absolute Gasteiger partial charge is 0.497 e. The van der Waals surface area contributed by atoms with Gasteiger partial charge in [-0.1, -0.05) is 6.92 Å². The summed E-state index contributed by atoms with van der Waals surface area (Å²) in [5.74, 6) is 0.997. The number of nitrogen functional groups attached to an aromatic ring is 1. The van der Waals surface area contributed by atoms with Crippen LogP contribution in [0.15, 0.2) is 18.2 Å². The van der Waals surface area contributed by atoms with Gasteiger partial charge in [-0.3, -0.25) is 0 Å². The fraction of sp³-hybridized carbons (Fsp3) is 0.533. The maximum atomic E-state index is 12.1. The maximum absolute atomic E-state index is 12.1. The van der Waals surface area contributed by atoms with Gasteiger partial charge in [0.15, 0.2) is 0 Å². The van der Waals surface area contributed by atoms with Crippen LogP contribution in [0.1, 0.15) is 43.0 Å². The molecule has 104 valence electrons. The van der Waals surface area contributed by atoms with Crippen molar-refractivity contribution >= 4 is 11.7 Å². The molecule has 0 radical (unpaired) electrons. The third kappa shape index (κ3) is 3.63. The molecule has 1 saturated carbocycles. The van der Waals surface area contributed by atoms with Gasteiger partial charge in [0.25, 0.3) is 0 Å². The topological polar surface area (TPSA) is 61.5 Å². The van der Waals surface area contributed by atoms with E-state index in [4.69, 9.17) is 15.2 Å². The zero-order valence-corrected chi connectivity index (χ0v) is 11.5. The van der Waals surface area contributed by atoms with Gasteiger partial charge in [-0.25, -0.2) is 4.79 Å². The summed E-state index contributed by atoms with van der Waals surface area (Å²) in [4.78, 5) is 12.1. The fourth-order valence-electron chi connectivity index (χ4n) is 2.42. The molecule has 4 heteroatoms. The minimum Gasteiger partial charge on any atom is -0.497 e. The van der Waals surface area contributed by atoms with Gasteiger partial charge >= 0.3 is 5.97 Å². The van der Waals surface area contributed by atoms with Gasteiger partial charge in [-0.2, -0.15) is 0 Å². The van der Waals surface area contributed by atoms with Crippen molar-refractivity contribution in [2.45, 2.75) is 38.7 Å². The first-order valence-electron chi connectivity index (χ1n) is 6.74. The Morgan fingerprint density at radius 1 is 1.21 bits per heavy atom. The molecule has 1 fully saturated rings. The van der Waals surface area contributed by atoms with Crippen LogP contribution in [0.3, 0.4) is 0 Å². The fourth-order valence-corrected chi connectivity index (χ4v) is 2.42. The Morgan fingerprint density at radius 2 is 1.89 bits per heavy atom. The molecule has 2 rings (SSSR count). The van der Waals surface area contributed by atoms with Crippen LogP contribution in [0.2, 0.25) is 0 Å². The molecule has 1 aromatic rings. The summed E-state index contributed by atoms with van der Waals surface area (Å²) < 4.78 is 10.6. The summed E-state index contributed by atoms with van der Waals surface area (Å²) in [5.41, 5.74) is 6.69. The highest BCUT2D eigenvalue weighted by Crippen LogP contribution is 2.27.